The Kier molecular flexibility index (Phi) is 6.62. The lowest BCUT2D eigenvalue weighted by molar-refractivity contribution is -0.117. The van der Waals surface area contributed by atoms with E-state index in [1.807, 2.05) is 56.3 Å². The Hall–Kier alpha value is -2.91. The Morgan fingerprint density at radius 1 is 1.00 bits per heavy atom. The molecule has 9 heteroatoms. The van der Waals surface area contributed by atoms with E-state index in [2.05, 4.69) is 26.1 Å². The van der Waals surface area contributed by atoms with Gasteiger partial charge in [0.25, 0.3) is 0 Å². The number of nitrogens with one attached hydrogen (secondary N) is 3. The number of carbonyl (C=O) groups is 2. The van der Waals surface area contributed by atoms with Crippen molar-refractivity contribution in [3.8, 4) is 0 Å². The smallest absolute Gasteiger partial charge is 0.325 e. The summed E-state index contributed by atoms with van der Waals surface area (Å²) in [7, 11) is 0. The summed E-state index contributed by atoms with van der Waals surface area (Å²) in [6.07, 6.45) is 0. The summed E-state index contributed by atoms with van der Waals surface area (Å²) in [5, 5.41) is 16.8. The summed E-state index contributed by atoms with van der Waals surface area (Å²) in [6.45, 7) is 3.96. The molecule has 0 aliphatic carbocycles. The number of hydrogen-bond donors (Lipinski definition) is 3. The Bertz CT molecular complexity index is 975. The van der Waals surface area contributed by atoms with Crippen LogP contribution < -0.4 is 16.0 Å². The topological polar surface area (TPSA) is 96.0 Å². The first kappa shape index (κ1) is 19.8. The average molecular weight is 414 g/mol. The van der Waals surface area contributed by atoms with Crippen LogP contribution in [0.1, 0.15) is 11.1 Å². The highest BCUT2D eigenvalue weighted by Gasteiger charge is 2.11. The second-order valence-electron chi connectivity index (χ2n) is 5.95. The molecule has 28 heavy (non-hydrogen) atoms. The lowest BCUT2D eigenvalue weighted by Crippen LogP contribution is -2.35. The van der Waals surface area contributed by atoms with Gasteiger partial charge in [0.15, 0.2) is 4.34 Å². The summed E-state index contributed by atoms with van der Waals surface area (Å²) in [5.41, 5.74) is 3.75. The SMILES string of the molecule is Cc1ccc(NC(=O)NC(=O)CSc2nnc(Nc3ccccc3)s2)cc1C. The van der Waals surface area contributed by atoms with Crippen molar-refractivity contribution in [3.05, 3.63) is 59.7 Å². The maximum absolute atomic E-state index is 12.0. The minimum absolute atomic E-state index is 0.0698. The number of carbonyl (C=O) groups excluding carboxylic acids is 2. The van der Waals surface area contributed by atoms with Crippen molar-refractivity contribution in [1.82, 2.24) is 15.5 Å². The molecule has 1 heterocycles. The molecule has 0 spiro atoms. The van der Waals surface area contributed by atoms with Gasteiger partial charge in [-0.2, -0.15) is 0 Å². The molecule has 0 saturated carbocycles. The predicted octanol–water partition coefficient (Wildman–Crippen LogP) is 4.34. The zero-order chi connectivity index (χ0) is 19.9. The van der Waals surface area contributed by atoms with Crippen LogP contribution in [0.5, 0.6) is 0 Å². The molecule has 7 nitrogen and oxygen atoms in total. The molecular formula is C19H19N5O2S2. The third kappa shape index (κ3) is 5.80. The molecule has 0 unspecified atom stereocenters. The van der Waals surface area contributed by atoms with Crippen LogP contribution in [0, 0.1) is 13.8 Å². The first-order chi connectivity index (χ1) is 13.5. The molecule has 0 fully saturated rings. The van der Waals surface area contributed by atoms with E-state index in [1.54, 1.807) is 6.07 Å². The number of amides is 3. The van der Waals surface area contributed by atoms with Gasteiger partial charge in [-0.1, -0.05) is 47.4 Å². The van der Waals surface area contributed by atoms with Gasteiger partial charge in [0.1, 0.15) is 0 Å². The van der Waals surface area contributed by atoms with E-state index in [0.29, 0.717) is 15.2 Å². The molecule has 0 radical (unpaired) electrons. The minimum atomic E-state index is -0.558. The number of thioether (sulfide) groups is 1. The van der Waals surface area contributed by atoms with E-state index in [0.717, 1.165) is 16.8 Å². The van der Waals surface area contributed by atoms with Gasteiger partial charge in [-0.3, -0.25) is 10.1 Å². The van der Waals surface area contributed by atoms with Gasteiger partial charge in [-0.25, -0.2) is 4.79 Å². The van der Waals surface area contributed by atoms with E-state index < -0.39 is 11.9 Å². The molecule has 144 valence electrons. The summed E-state index contributed by atoms with van der Waals surface area (Å²) in [5.74, 6) is -0.334. The first-order valence-corrected chi connectivity index (χ1v) is 10.3. The molecule has 3 N–H and O–H groups in total. The third-order valence-electron chi connectivity index (χ3n) is 3.78. The average Bonchev–Trinajstić information content (AvgIpc) is 3.11. The van der Waals surface area contributed by atoms with E-state index in [4.69, 9.17) is 0 Å². The molecular weight excluding hydrogens is 394 g/mol. The van der Waals surface area contributed by atoms with E-state index in [9.17, 15) is 9.59 Å². The molecule has 1 aromatic heterocycles. The first-order valence-electron chi connectivity index (χ1n) is 8.46. The Labute approximate surface area is 171 Å². The third-order valence-corrected chi connectivity index (χ3v) is 5.75. The number of imide groups is 1. The normalized spacial score (nSPS) is 10.4. The van der Waals surface area contributed by atoms with Crippen LogP contribution in [0.25, 0.3) is 0 Å². The Morgan fingerprint density at radius 2 is 1.79 bits per heavy atom. The number of aryl methyl sites for hydroxylation is 2. The molecule has 0 aliphatic rings. The van der Waals surface area contributed by atoms with Crippen molar-refractivity contribution in [2.45, 2.75) is 18.2 Å². The highest BCUT2D eigenvalue weighted by Crippen LogP contribution is 2.27. The largest absolute Gasteiger partial charge is 0.330 e. The summed E-state index contributed by atoms with van der Waals surface area (Å²) < 4.78 is 0.642. The molecule has 0 aliphatic heterocycles. The fourth-order valence-corrected chi connectivity index (χ4v) is 3.81. The quantitative estimate of drug-likeness (QED) is 0.520. The van der Waals surface area contributed by atoms with E-state index in [1.165, 1.54) is 23.1 Å². The molecule has 3 rings (SSSR count). The van der Waals surface area contributed by atoms with Crippen molar-refractivity contribution >= 4 is 51.5 Å². The highest BCUT2D eigenvalue weighted by atomic mass is 32.2. The molecule has 3 aromatic rings. The van der Waals surface area contributed by atoms with E-state index >= 15 is 0 Å². The Morgan fingerprint density at radius 3 is 2.54 bits per heavy atom. The van der Waals surface area contributed by atoms with Gasteiger partial charge in [-0.15, -0.1) is 10.2 Å². The number of anilines is 3. The van der Waals surface area contributed by atoms with Gasteiger partial charge in [0, 0.05) is 11.4 Å². The number of para-hydroxylation sites is 1. The second-order valence-corrected chi connectivity index (χ2v) is 8.15. The van der Waals surface area contributed by atoms with Crippen molar-refractivity contribution in [3.63, 3.8) is 0 Å². The van der Waals surface area contributed by atoms with Crippen molar-refractivity contribution in [2.24, 2.45) is 0 Å². The molecule has 0 atom stereocenters. The van der Waals surface area contributed by atoms with E-state index in [-0.39, 0.29) is 5.75 Å². The number of urea groups is 1. The van der Waals surface area contributed by atoms with Crippen molar-refractivity contribution in [2.75, 3.05) is 16.4 Å². The lowest BCUT2D eigenvalue weighted by Gasteiger charge is -2.08. The van der Waals surface area contributed by atoms with Gasteiger partial charge < -0.3 is 10.6 Å². The maximum atomic E-state index is 12.0. The fourth-order valence-electron chi connectivity index (χ4n) is 2.24. The van der Waals surface area contributed by atoms with Crippen molar-refractivity contribution < 1.29 is 9.59 Å². The number of hydrogen-bond acceptors (Lipinski definition) is 7. The predicted molar refractivity (Wildman–Crippen MR) is 113 cm³/mol. The lowest BCUT2D eigenvalue weighted by atomic mass is 10.1. The molecule has 0 saturated heterocycles. The van der Waals surface area contributed by atoms with Crippen LogP contribution in [-0.2, 0) is 4.79 Å². The number of rotatable bonds is 6. The Balaban J connectivity index is 1.45. The zero-order valence-corrected chi connectivity index (χ0v) is 17.0. The number of nitrogens with zero attached hydrogens (tertiary/aromatic N) is 2. The molecule has 0 bridgehead atoms. The van der Waals surface area contributed by atoms with Crippen LogP contribution >= 0.6 is 23.1 Å². The van der Waals surface area contributed by atoms with Crippen molar-refractivity contribution in [1.29, 1.82) is 0 Å². The summed E-state index contributed by atoms with van der Waals surface area (Å²) >= 11 is 2.57. The van der Waals surface area contributed by atoms with Crippen LogP contribution in [0.4, 0.5) is 21.3 Å². The van der Waals surface area contributed by atoms with Gasteiger partial charge in [0.2, 0.25) is 11.0 Å². The maximum Gasteiger partial charge on any atom is 0.325 e. The standard InChI is InChI=1S/C19H19N5O2S2/c1-12-8-9-15(10-13(12)2)20-17(26)22-16(25)11-27-19-24-23-18(28-19)21-14-6-4-3-5-7-14/h3-10H,11H2,1-2H3,(H,21,23)(H2,20,22,25,26). The molecule has 2 aromatic carbocycles. The van der Waals surface area contributed by atoms with Crippen LogP contribution in [0.3, 0.4) is 0 Å². The second kappa shape index (κ2) is 9.34. The van der Waals surface area contributed by atoms with Crippen LogP contribution in [0.2, 0.25) is 0 Å². The van der Waals surface area contributed by atoms with Gasteiger partial charge in [-0.05, 0) is 49.2 Å². The fraction of sp³-hybridized carbons (Fsp3) is 0.158. The molecule has 3 amide bonds. The van der Waals surface area contributed by atoms with Crippen LogP contribution in [-0.4, -0.2) is 27.9 Å². The summed E-state index contributed by atoms with van der Waals surface area (Å²) in [4.78, 5) is 23.9. The zero-order valence-electron chi connectivity index (χ0n) is 15.4. The monoisotopic (exact) mass is 413 g/mol. The van der Waals surface area contributed by atoms with Gasteiger partial charge in [0.05, 0.1) is 5.75 Å². The highest BCUT2D eigenvalue weighted by molar-refractivity contribution is 8.01. The number of benzene rings is 2. The van der Waals surface area contributed by atoms with Gasteiger partial charge >= 0.3 is 6.03 Å². The number of aromatic nitrogens is 2. The minimum Gasteiger partial charge on any atom is -0.330 e. The van der Waals surface area contributed by atoms with Crippen LogP contribution in [0.15, 0.2) is 52.9 Å². The summed E-state index contributed by atoms with van der Waals surface area (Å²) in [6, 6.07) is 14.6.